The van der Waals surface area contributed by atoms with Crippen molar-refractivity contribution >= 4 is 21.7 Å². The Labute approximate surface area is 239 Å². The number of benzene rings is 3. The number of hydrogen-bond donors (Lipinski definition) is 2. The number of likely N-dealkylation sites (N-methyl/N-ethyl adjacent to an activating group) is 1. The molecule has 5 rings (SSSR count). The fourth-order valence-corrected chi connectivity index (χ4v) is 6.48. The summed E-state index contributed by atoms with van der Waals surface area (Å²) < 4.78 is 37.6. The van der Waals surface area contributed by atoms with E-state index in [0.29, 0.717) is 26.0 Å². The van der Waals surface area contributed by atoms with Gasteiger partial charge in [-0.1, -0.05) is 66.7 Å². The quantitative estimate of drug-likeness (QED) is 0.176. The maximum Gasteiger partial charge on any atom is 0.123 e. The van der Waals surface area contributed by atoms with E-state index in [1.165, 1.54) is 22.7 Å². The molecule has 214 valence electrons. The predicted octanol–water partition coefficient (Wildman–Crippen LogP) is 6.72. The van der Waals surface area contributed by atoms with Crippen molar-refractivity contribution in [3.63, 3.8) is 0 Å². The van der Waals surface area contributed by atoms with Crippen LogP contribution in [0.15, 0.2) is 85.1 Å². The fourth-order valence-electron chi connectivity index (χ4n) is 5.39. The molecule has 40 heavy (non-hydrogen) atoms. The largest absolute Gasteiger partial charge is 0.360 e. The van der Waals surface area contributed by atoms with Crippen LogP contribution in [0.4, 0.5) is 0 Å². The van der Waals surface area contributed by atoms with Gasteiger partial charge in [0.2, 0.25) is 0 Å². The summed E-state index contributed by atoms with van der Waals surface area (Å²) in [4.78, 5) is 2.44. The number of ether oxygens (including phenoxy) is 2. The number of fused-ring (bicyclic) bond motifs is 1. The molecule has 2 heterocycles. The molecule has 1 aliphatic rings. The summed E-state index contributed by atoms with van der Waals surface area (Å²) in [5.74, 6) is 0.145. The topological polar surface area (TPSA) is 70.3 Å². The van der Waals surface area contributed by atoms with Gasteiger partial charge >= 0.3 is 0 Å². The number of rotatable bonds is 13. The number of likely N-dealkylation sites (tertiary alicyclic amines) is 1. The zero-order valence-corrected chi connectivity index (χ0v) is 24.3. The first kappa shape index (κ1) is 28.8. The molecule has 4 aromatic rings. The highest BCUT2D eigenvalue weighted by atomic mass is 32.3. The van der Waals surface area contributed by atoms with Crippen molar-refractivity contribution in [2.45, 2.75) is 51.0 Å². The third-order valence-electron chi connectivity index (χ3n) is 7.74. The first-order valence-electron chi connectivity index (χ1n) is 13.9. The molecule has 3 aromatic carbocycles. The minimum absolute atomic E-state index is 0.133. The molecule has 7 nitrogen and oxygen atoms in total. The zero-order valence-electron chi connectivity index (χ0n) is 23.5. The summed E-state index contributed by atoms with van der Waals surface area (Å²) in [6.07, 6.45) is 5.60. The van der Waals surface area contributed by atoms with Crippen molar-refractivity contribution in [2.75, 3.05) is 27.4 Å². The van der Waals surface area contributed by atoms with Gasteiger partial charge in [-0.2, -0.15) is 4.31 Å². The summed E-state index contributed by atoms with van der Waals surface area (Å²) in [6.45, 7) is 2.70. The second kappa shape index (κ2) is 13.3. The molecular weight excluding hydrogens is 522 g/mol. The van der Waals surface area contributed by atoms with Crippen LogP contribution in [-0.4, -0.2) is 56.3 Å². The average Bonchev–Trinajstić information content (AvgIpc) is 3.52. The predicted molar refractivity (Wildman–Crippen MR) is 163 cm³/mol. The fraction of sp³-hybridized carbons (Fsp3) is 0.375. The molecule has 1 aromatic heterocycles. The van der Waals surface area contributed by atoms with E-state index in [-0.39, 0.29) is 12.5 Å². The van der Waals surface area contributed by atoms with Crippen LogP contribution in [0.3, 0.4) is 0 Å². The SMILES string of the molecule is CN1CCC[C@@H]1Cc1cn(COCc2ccccc2)c2ccc(CS(O)(O)N(C)COCc3ccccc3)cc12. The lowest BCUT2D eigenvalue weighted by Crippen LogP contribution is -2.27. The Morgan fingerprint density at radius 2 is 1.57 bits per heavy atom. The molecule has 8 heteroatoms. The van der Waals surface area contributed by atoms with E-state index in [1.54, 1.807) is 7.05 Å². The Bertz CT molecular complexity index is 1360. The molecule has 0 saturated carbocycles. The maximum atomic E-state index is 11.0. The monoisotopic (exact) mass is 563 g/mol. The van der Waals surface area contributed by atoms with Crippen LogP contribution in [0.25, 0.3) is 10.9 Å². The molecule has 1 aliphatic heterocycles. The van der Waals surface area contributed by atoms with Crippen molar-refractivity contribution < 1.29 is 18.6 Å². The summed E-state index contributed by atoms with van der Waals surface area (Å²) in [5.41, 5.74) is 5.47. The van der Waals surface area contributed by atoms with Crippen molar-refractivity contribution in [2.24, 2.45) is 0 Å². The Hall–Kier alpha value is -2.69. The highest BCUT2D eigenvalue weighted by Gasteiger charge is 2.24. The van der Waals surface area contributed by atoms with Gasteiger partial charge in [-0.25, -0.2) is 0 Å². The highest BCUT2D eigenvalue weighted by Crippen LogP contribution is 2.45. The van der Waals surface area contributed by atoms with Crippen LogP contribution < -0.4 is 0 Å². The van der Waals surface area contributed by atoms with Gasteiger partial charge in [0.25, 0.3) is 0 Å². The minimum Gasteiger partial charge on any atom is -0.360 e. The minimum atomic E-state index is -3.05. The molecular formula is C32H41N3O4S. The van der Waals surface area contributed by atoms with E-state index in [1.807, 2.05) is 54.6 Å². The van der Waals surface area contributed by atoms with E-state index >= 15 is 0 Å². The van der Waals surface area contributed by atoms with Crippen molar-refractivity contribution in [3.8, 4) is 0 Å². The van der Waals surface area contributed by atoms with Crippen molar-refractivity contribution in [1.82, 2.24) is 13.8 Å². The second-order valence-corrected chi connectivity index (χ2v) is 13.0. The van der Waals surface area contributed by atoms with E-state index in [2.05, 4.69) is 47.0 Å². The summed E-state index contributed by atoms with van der Waals surface area (Å²) in [6, 6.07) is 26.8. The van der Waals surface area contributed by atoms with Gasteiger partial charge in [0, 0.05) is 24.7 Å². The Kier molecular flexibility index (Phi) is 9.59. The smallest absolute Gasteiger partial charge is 0.123 e. The van der Waals surface area contributed by atoms with Crippen LogP contribution in [0.1, 0.15) is 35.1 Å². The summed E-state index contributed by atoms with van der Waals surface area (Å²) in [5, 5.41) is 1.15. The maximum absolute atomic E-state index is 11.0. The zero-order chi connectivity index (χ0) is 28.0. The average molecular weight is 564 g/mol. The normalized spacial score (nSPS) is 16.8. The molecule has 1 saturated heterocycles. The lowest BCUT2D eigenvalue weighted by atomic mass is 10.0. The van der Waals surface area contributed by atoms with Gasteiger partial charge in [0.15, 0.2) is 0 Å². The standard InChI is InChI=1S/C32H41N3O4S/c1-33-17-9-14-30(33)19-29-20-35(25-39-22-27-12-7-4-8-13-27)32-16-15-28(18-31(29)32)23-40(36,37)34(2)24-38-21-26-10-5-3-6-11-26/h3-8,10-13,15-16,18,20,30,36-37H,9,14,17,19,21-25H2,1-2H3/t30-/m1/s1. The van der Waals surface area contributed by atoms with Crippen molar-refractivity contribution in [3.05, 3.63) is 107 Å². The van der Waals surface area contributed by atoms with E-state index in [0.717, 1.165) is 40.6 Å². The van der Waals surface area contributed by atoms with Gasteiger partial charge in [-0.05, 0) is 67.2 Å². The van der Waals surface area contributed by atoms with Gasteiger partial charge < -0.3 is 18.9 Å². The van der Waals surface area contributed by atoms with Gasteiger partial charge in [0.05, 0.1) is 24.5 Å². The van der Waals surface area contributed by atoms with Crippen LogP contribution in [0.5, 0.6) is 0 Å². The Morgan fingerprint density at radius 1 is 0.900 bits per heavy atom. The highest BCUT2D eigenvalue weighted by molar-refractivity contribution is 8.21. The van der Waals surface area contributed by atoms with Crippen LogP contribution in [0.2, 0.25) is 0 Å². The molecule has 1 fully saturated rings. The third-order valence-corrected chi connectivity index (χ3v) is 9.57. The molecule has 0 spiro atoms. The van der Waals surface area contributed by atoms with E-state index in [9.17, 15) is 9.11 Å². The lowest BCUT2D eigenvalue weighted by Gasteiger charge is -2.40. The number of aromatic nitrogens is 1. The third kappa shape index (κ3) is 7.33. The molecule has 0 bridgehead atoms. The Balaban J connectivity index is 1.29. The molecule has 1 atom stereocenters. The molecule has 2 N–H and O–H groups in total. The van der Waals surface area contributed by atoms with Crippen molar-refractivity contribution in [1.29, 1.82) is 0 Å². The summed E-state index contributed by atoms with van der Waals surface area (Å²) in [7, 11) is 0.850. The van der Waals surface area contributed by atoms with Gasteiger partial charge in [0.1, 0.15) is 13.5 Å². The molecule has 0 unspecified atom stereocenters. The van der Waals surface area contributed by atoms with Crippen LogP contribution in [0, 0.1) is 0 Å². The Morgan fingerprint density at radius 3 is 2.23 bits per heavy atom. The van der Waals surface area contributed by atoms with E-state index in [4.69, 9.17) is 9.47 Å². The van der Waals surface area contributed by atoms with Crippen LogP contribution in [-0.2, 0) is 41.6 Å². The first-order chi connectivity index (χ1) is 19.4. The summed E-state index contributed by atoms with van der Waals surface area (Å²) >= 11 is 0. The van der Waals surface area contributed by atoms with Gasteiger partial charge in [-0.15, -0.1) is 10.8 Å². The molecule has 0 aliphatic carbocycles. The van der Waals surface area contributed by atoms with Gasteiger partial charge in [-0.3, -0.25) is 9.11 Å². The first-order valence-corrected chi connectivity index (χ1v) is 15.6. The van der Waals surface area contributed by atoms with Crippen LogP contribution >= 0.6 is 10.8 Å². The molecule has 0 radical (unpaired) electrons. The lowest BCUT2D eigenvalue weighted by molar-refractivity contribution is 0.0644. The molecule has 0 amide bonds. The van der Waals surface area contributed by atoms with E-state index < -0.39 is 10.8 Å². The number of nitrogens with zero attached hydrogens (tertiary/aromatic N) is 3. The second-order valence-electron chi connectivity index (χ2n) is 10.8. The number of hydrogen-bond acceptors (Lipinski definition) is 6.